The van der Waals surface area contributed by atoms with Crippen LogP contribution >= 0.6 is 0 Å². The SMILES string of the molecule is CC(Oc1ccccc1)C(=O)O[C@H]1C[C@H](O)C=C2C=C[C@H](C)[C@H](CC[C@@H]3C[C@H](O)CCO3)[C@H]21. The third-order valence-corrected chi connectivity index (χ3v) is 7.19. The van der Waals surface area contributed by atoms with Crippen molar-refractivity contribution in [1.82, 2.24) is 0 Å². The van der Waals surface area contributed by atoms with E-state index in [0.717, 1.165) is 18.4 Å². The number of allylic oxidation sites excluding steroid dienone is 2. The number of hydrogen-bond acceptors (Lipinski definition) is 6. The van der Waals surface area contributed by atoms with Crippen molar-refractivity contribution >= 4 is 5.97 Å². The fourth-order valence-electron chi connectivity index (χ4n) is 5.42. The predicted octanol–water partition coefficient (Wildman–Crippen LogP) is 3.82. The fraction of sp³-hybridized carbons (Fsp3) is 0.593. The van der Waals surface area contributed by atoms with Gasteiger partial charge in [0.15, 0.2) is 6.10 Å². The number of aliphatic hydroxyl groups is 2. The first-order valence-corrected chi connectivity index (χ1v) is 12.2. The number of carbonyl (C=O) groups excluding carboxylic acids is 1. The number of rotatable bonds is 7. The van der Waals surface area contributed by atoms with Crippen molar-refractivity contribution in [3.05, 3.63) is 54.1 Å². The molecule has 0 saturated carbocycles. The van der Waals surface area contributed by atoms with Crippen molar-refractivity contribution < 1.29 is 29.2 Å². The van der Waals surface area contributed by atoms with E-state index in [-0.39, 0.29) is 24.0 Å². The molecule has 1 aromatic carbocycles. The topological polar surface area (TPSA) is 85.2 Å². The third kappa shape index (κ3) is 6.05. The summed E-state index contributed by atoms with van der Waals surface area (Å²) in [7, 11) is 0. The quantitative estimate of drug-likeness (QED) is 0.607. The van der Waals surface area contributed by atoms with Crippen LogP contribution in [0.1, 0.15) is 46.0 Å². The van der Waals surface area contributed by atoms with Crippen molar-refractivity contribution in [1.29, 1.82) is 0 Å². The molecule has 1 aliphatic heterocycles. The summed E-state index contributed by atoms with van der Waals surface area (Å²) in [5.74, 6) is 0.800. The molecule has 1 aromatic rings. The summed E-state index contributed by atoms with van der Waals surface area (Å²) in [5.41, 5.74) is 1.04. The first-order chi connectivity index (χ1) is 15.9. The highest BCUT2D eigenvalue weighted by molar-refractivity contribution is 5.75. The maximum absolute atomic E-state index is 12.9. The van der Waals surface area contributed by atoms with Crippen LogP contribution in [0.4, 0.5) is 0 Å². The van der Waals surface area contributed by atoms with Crippen LogP contribution in [-0.4, -0.2) is 53.3 Å². The molecule has 33 heavy (non-hydrogen) atoms. The molecule has 6 heteroatoms. The van der Waals surface area contributed by atoms with Gasteiger partial charge in [-0.2, -0.15) is 0 Å². The molecule has 1 unspecified atom stereocenters. The Morgan fingerprint density at radius 3 is 2.73 bits per heavy atom. The minimum absolute atomic E-state index is 0.0230. The highest BCUT2D eigenvalue weighted by Crippen LogP contribution is 2.44. The van der Waals surface area contributed by atoms with Crippen LogP contribution in [-0.2, 0) is 14.3 Å². The van der Waals surface area contributed by atoms with Crippen LogP contribution in [0.2, 0.25) is 0 Å². The van der Waals surface area contributed by atoms with Gasteiger partial charge in [-0.3, -0.25) is 0 Å². The summed E-state index contributed by atoms with van der Waals surface area (Å²) in [6.07, 6.45) is 7.66. The first kappa shape index (κ1) is 24.0. The molecule has 3 aliphatic rings. The Balaban J connectivity index is 1.44. The Morgan fingerprint density at radius 1 is 1.18 bits per heavy atom. The summed E-state index contributed by atoms with van der Waals surface area (Å²) in [4.78, 5) is 12.9. The minimum atomic E-state index is -0.744. The molecule has 6 nitrogen and oxygen atoms in total. The van der Waals surface area contributed by atoms with Crippen molar-refractivity contribution in [2.24, 2.45) is 17.8 Å². The Labute approximate surface area is 196 Å². The summed E-state index contributed by atoms with van der Waals surface area (Å²) in [6.45, 7) is 4.49. The van der Waals surface area contributed by atoms with Gasteiger partial charge in [-0.15, -0.1) is 0 Å². The minimum Gasteiger partial charge on any atom is -0.479 e. The molecule has 2 N–H and O–H groups in total. The maximum Gasteiger partial charge on any atom is 0.347 e. The van der Waals surface area contributed by atoms with Crippen molar-refractivity contribution in [3.8, 4) is 5.75 Å². The van der Waals surface area contributed by atoms with Crippen molar-refractivity contribution in [2.75, 3.05) is 6.61 Å². The van der Waals surface area contributed by atoms with Crippen LogP contribution < -0.4 is 4.74 Å². The van der Waals surface area contributed by atoms with Crippen LogP contribution in [0, 0.1) is 17.8 Å². The van der Waals surface area contributed by atoms with E-state index in [1.807, 2.05) is 36.4 Å². The molecule has 1 fully saturated rings. The average Bonchev–Trinajstić information content (AvgIpc) is 2.79. The molecule has 2 aliphatic carbocycles. The highest BCUT2D eigenvalue weighted by Gasteiger charge is 2.42. The summed E-state index contributed by atoms with van der Waals surface area (Å²) in [6, 6.07) is 9.23. The Hall–Kier alpha value is -2.15. The lowest BCUT2D eigenvalue weighted by Gasteiger charge is -2.43. The van der Waals surface area contributed by atoms with Gasteiger partial charge < -0.3 is 24.4 Å². The van der Waals surface area contributed by atoms with Crippen molar-refractivity contribution in [3.63, 3.8) is 0 Å². The van der Waals surface area contributed by atoms with Gasteiger partial charge in [0.1, 0.15) is 11.9 Å². The zero-order valence-corrected chi connectivity index (χ0v) is 19.5. The molecule has 0 spiro atoms. The molecule has 180 valence electrons. The lowest BCUT2D eigenvalue weighted by Crippen LogP contribution is -2.44. The van der Waals surface area contributed by atoms with Gasteiger partial charge in [-0.05, 0) is 62.1 Å². The lowest BCUT2D eigenvalue weighted by molar-refractivity contribution is -0.162. The van der Waals surface area contributed by atoms with E-state index < -0.39 is 24.3 Å². The van der Waals surface area contributed by atoms with E-state index in [2.05, 4.69) is 19.1 Å². The number of fused-ring (bicyclic) bond motifs is 1. The number of esters is 1. The lowest BCUT2D eigenvalue weighted by atomic mass is 9.66. The molecule has 8 atom stereocenters. The second kappa shape index (κ2) is 10.9. The molecule has 1 saturated heterocycles. The number of benzene rings is 1. The van der Waals surface area contributed by atoms with Gasteiger partial charge in [0, 0.05) is 18.9 Å². The van der Waals surface area contributed by atoms with Gasteiger partial charge in [0.25, 0.3) is 0 Å². The van der Waals surface area contributed by atoms with E-state index in [0.29, 0.717) is 37.5 Å². The highest BCUT2D eigenvalue weighted by atomic mass is 16.6. The molecule has 0 aromatic heterocycles. The van der Waals surface area contributed by atoms with Crippen LogP contribution in [0.15, 0.2) is 54.1 Å². The first-order valence-electron chi connectivity index (χ1n) is 12.2. The number of carbonyl (C=O) groups is 1. The molecule has 4 rings (SSSR count). The van der Waals surface area contributed by atoms with Crippen LogP contribution in [0.3, 0.4) is 0 Å². The average molecular weight is 457 g/mol. The number of ether oxygens (including phenoxy) is 3. The van der Waals surface area contributed by atoms with Gasteiger partial charge in [0.2, 0.25) is 0 Å². The van der Waals surface area contributed by atoms with Gasteiger partial charge in [0.05, 0.1) is 18.3 Å². The maximum atomic E-state index is 12.9. The molecule has 0 amide bonds. The molecule has 0 radical (unpaired) electrons. The molecule has 1 heterocycles. The van der Waals surface area contributed by atoms with E-state index in [1.165, 1.54) is 0 Å². The zero-order valence-electron chi connectivity index (χ0n) is 19.5. The second-order valence-corrected chi connectivity index (χ2v) is 9.67. The van der Waals surface area contributed by atoms with Crippen LogP contribution in [0.5, 0.6) is 5.75 Å². The van der Waals surface area contributed by atoms with Gasteiger partial charge in [-0.1, -0.05) is 43.4 Å². The summed E-state index contributed by atoms with van der Waals surface area (Å²) in [5, 5.41) is 20.4. The largest absolute Gasteiger partial charge is 0.479 e. The molecular formula is C27H36O6. The number of hydrogen-bond donors (Lipinski definition) is 2. The third-order valence-electron chi connectivity index (χ3n) is 7.19. The second-order valence-electron chi connectivity index (χ2n) is 9.67. The Bertz CT molecular complexity index is 849. The van der Waals surface area contributed by atoms with E-state index in [9.17, 15) is 15.0 Å². The summed E-state index contributed by atoms with van der Waals surface area (Å²) >= 11 is 0. The smallest absolute Gasteiger partial charge is 0.347 e. The molecule has 0 bridgehead atoms. The Morgan fingerprint density at radius 2 is 1.97 bits per heavy atom. The standard InChI is InChI=1S/C27H36O6/c1-17-8-9-19-14-21(29)16-25(33-27(30)18(2)32-22-6-4-3-5-7-22)26(19)24(17)11-10-23-15-20(28)12-13-31-23/h3-9,14,17-18,20-21,23-26,28-29H,10-13,15-16H2,1-2H3/t17-,18?,20+,21+,23+,24-,25-,26-/m0/s1. The fourth-order valence-corrected chi connectivity index (χ4v) is 5.42. The zero-order chi connectivity index (χ0) is 23.4. The number of aliphatic hydroxyl groups excluding tert-OH is 2. The number of para-hydroxylation sites is 1. The Kier molecular flexibility index (Phi) is 7.89. The van der Waals surface area contributed by atoms with E-state index >= 15 is 0 Å². The van der Waals surface area contributed by atoms with Crippen molar-refractivity contribution in [2.45, 2.75) is 76.5 Å². The summed E-state index contributed by atoms with van der Waals surface area (Å²) < 4.78 is 17.6. The van der Waals surface area contributed by atoms with Gasteiger partial charge in [-0.25, -0.2) is 4.79 Å². The predicted molar refractivity (Wildman–Crippen MR) is 125 cm³/mol. The normalized spacial score (nSPS) is 34.7. The monoisotopic (exact) mass is 456 g/mol. The van der Waals surface area contributed by atoms with E-state index in [4.69, 9.17) is 14.2 Å². The van der Waals surface area contributed by atoms with Crippen LogP contribution in [0.25, 0.3) is 0 Å². The van der Waals surface area contributed by atoms with E-state index in [1.54, 1.807) is 6.92 Å². The molecular weight excluding hydrogens is 420 g/mol. The van der Waals surface area contributed by atoms with Gasteiger partial charge >= 0.3 is 5.97 Å².